The van der Waals surface area contributed by atoms with Crippen molar-refractivity contribution >= 4 is 98.1 Å². The maximum Gasteiger partial charge on any atom is 0.143 e. The number of rotatable bonds is 2. The van der Waals surface area contributed by atoms with Gasteiger partial charge in [-0.2, -0.15) is 0 Å². The van der Waals surface area contributed by atoms with E-state index in [1.165, 1.54) is 32.7 Å². The van der Waals surface area contributed by atoms with Gasteiger partial charge in [-0.05, 0) is 80.5 Å². The van der Waals surface area contributed by atoms with Crippen LogP contribution in [0, 0.1) is 0 Å². The summed E-state index contributed by atoms with van der Waals surface area (Å²) < 4.78 is 19.6. The van der Waals surface area contributed by atoms with E-state index in [1.807, 2.05) is 24.3 Å². The molecule has 0 amide bonds. The summed E-state index contributed by atoms with van der Waals surface area (Å²) >= 11 is 0. The molecule has 3 aromatic heterocycles. The molecule has 12 rings (SSSR count). The first kappa shape index (κ1) is 27.0. The van der Waals surface area contributed by atoms with E-state index in [-0.39, 0.29) is 0 Å². The highest BCUT2D eigenvalue weighted by Gasteiger charge is 2.24. The van der Waals surface area contributed by atoms with E-state index in [1.54, 1.807) is 0 Å². The molecular weight excluding hydrogens is 625 g/mol. The number of furan rings is 3. The van der Waals surface area contributed by atoms with E-state index in [0.29, 0.717) is 0 Å². The highest BCUT2D eigenvalue weighted by atomic mass is 16.3. The van der Waals surface area contributed by atoms with Gasteiger partial charge in [-0.25, -0.2) is 0 Å². The van der Waals surface area contributed by atoms with E-state index in [9.17, 15) is 0 Å². The molecule has 0 saturated heterocycles. The average Bonchev–Trinajstić information content (AvgIpc) is 3.88. The molecule has 51 heavy (non-hydrogen) atoms. The van der Waals surface area contributed by atoms with Crippen LogP contribution in [0.2, 0.25) is 0 Å². The summed E-state index contributed by atoms with van der Waals surface area (Å²) in [5.41, 5.74) is 9.95. The van der Waals surface area contributed by atoms with Crippen molar-refractivity contribution in [1.82, 2.24) is 0 Å². The Morgan fingerprint density at radius 1 is 0.294 bits per heavy atom. The van der Waals surface area contributed by atoms with Crippen molar-refractivity contribution in [3.05, 3.63) is 158 Å². The van der Waals surface area contributed by atoms with Gasteiger partial charge in [0, 0.05) is 48.8 Å². The minimum atomic E-state index is 0.872. The van der Waals surface area contributed by atoms with Gasteiger partial charge < -0.3 is 13.3 Å². The Kier molecular flexibility index (Phi) is 5.23. The fourth-order valence-electron chi connectivity index (χ4n) is 8.72. The maximum absolute atomic E-state index is 6.94. The molecule has 0 spiro atoms. The highest BCUT2D eigenvalue weighted by molar-refractivity contribution is 6.34. The highest BCUT2D eigenvalue weighted by Crippen LogP contribution is 2.50. The van der Waals surface area contributed by atoms with Crippen LogP contribution in [0.1, 0.15) is 0 Å². The van der Waals surface area contributed by atoms with Gasteiger partial charge in [-0.15, -0.1) is 0 Å². The lowest BCUT2D eigenvalue weighted by Crippen LogP contribution is -1.92. The maximum atomic E-state index is 6.94. The van der Waals surface area contributed by atoms with Crippen molar-refractivity contribution in [3.8, 4) is 22.3 Å². The Balaban J connectivity index is 1.24. The van der Waals surface area contributed by atoms with E-state index >= 15 is 0 Å². The molecule has 0 aliphatic heterocycles. The van der Waals surface area contributed by atoms with Gasteiger partial charge in [-0.1, -0.05) is 115 Å². The summed E-state index contributed by atoms with van der Waals surface area (Å²) in [6.07, 6.45) is 0. The molecule has 3 heterocycles. The standard InChI is InChI=1S/C48H26O3/c1-3-14-32-30(12-1)43(27-21-23-41-36(25-27)29-11-5-8-18-38(29)49-41)31-13-2-4-15-33(31)45(32)37-26-28-22-24-42-46(34-16-6-9-19-39(34)50-42)44(28)47-35-17-7-10-20-40(35)51-48(37)47/h1-26H. The van der Waals surface area contributed by atoms with Crippen LogP contribution in [0.3, 0.4) is 0 Å². The van der Waals surface area contributed by atoms with E-state index in [4.69, 9.17) is 13.3 Å². The van der Waals surface area contributed by atoms with Crippen LogP contribution < -0.4 is 0 Å². The number of hydrogen-bond acceptors (Lipinski definition) is 3. The predicted molar refractivity (Wildman–Crippen MR) is 212 cm³/mol. The zero-order chi connectivity index (χ0) is 33.2. The quantitative estimate of drug-likeness (QED) is 0.175. The SMILES string of the molecule is c1ccc2c(c1)oc1ccc(-c3c4ccccc4c(-c4cc5ccc6oc7ccccc7c6c5c5c4oc4ccccc45)c4ccccc34)cc12. The van der Waals surface area contributed by atoms with Crippen molar-refractivity contribution in [2.75, 3.05) is 0 Å². The summed E-state index contributed by atoms with van der Waals surface area (Å²) in [6, 6.07) is 55.9. The van der Waals surface area contributed by atoms with Gasteiger partial charge in [0.15, 0.2) is 0 Å². The zero-order valence-electron chi connectivity index (χ0n) is 27.2. The van der Waals surface area contributed by atoms with Crippen LogP contribution in [0.4, 0.5) is 0 Å². The normalized spacial score (nSPS) is 12.3. The first-order valence-corrected chi connectivity index (χ1v) is 17.3. The third-order valence-corrected chi connectivity index (χ3v) is 10.8. The third-order valence-electron chi connectivity index (χ3n) is 10.8. The molecule has 0 unspecified atom stereocenters. The first-order valence-electron chi connectivity index (χ1n) is 17.3. The number of hydrogen-bond donors (Lipinski definition) is 0. The first-order chi connectivity index (χ1) is 25.3. The molecule has 0 saturated carbocycles. The largest absolute Gasteiger partial charge is 0.456 e. The summed E-state index contributed by atoms with van der Waals surface area (Å²) in [5.74, 6) is 0. The zero-order valence-corrected chi connectivity index (χ0v) is 27.2. The second-order valence-corrected chi connectivity index (χ2v) is 13.5. The van der Waals surface area contributed by atoms with Crippen LogP contribution >= 0.6 is 0 Å². The molecule has 0 fully saturated rings. The molecule has 0 bridgehead atoms. The number of para-hydroxylation sites is 3. The molecule has 0 aliphatic rings. The van der Waals surface area contributed by atoms with E-state index < -0.39 is 0 Å². The van der Waals surface area contributed by atoms with Crippen molar-refractivity contribution in [1.29, 1.82) is 0 Å². The van der Waals surface area contributed by atoms with Crippen LogP contribution in [0.15, 0.2) is 171 Å². The van der Waals surface area contributed by atoms with Crippen LogP contribution in [0.25, 0.3) is 120 Å². The van der Waals surface area contributed by atoms with Gasteiger partial charge in [0.1, 0.15) is 33.5 Å². The lowest BCUT2D eigenvalue weighted by molar-refractivity contribution is 0.668. The van der Waals surface area contributed by atoms with Gasteiger partial charge in [-0.3, -0.25) is 0 Å². The summed E-state index contributed by atoms with van der Waals surface area (Å²) in [7, 11) is 0. The van der Waals surface area contributed by atoms with Crippen molar-refractivity contribution in [3.63, 3.8) is 0 Å². The Morgan fingerprint density at radius 2 is 0.784 bits per heavy atom. The molecule has 12 aromatic rings. The molecule has 0 atom stereocenters. The second-order valence-electron chi connectivity index (χ2n) is 13.5. The fraction of sp³-hybridized carbons (Fsp3) is 0. The lowest BCUT2D eigenvalue weighted by atomic mass is 9.84. The Labute approximate surface area is 290 Å². The van der Waals surface area contributed by atoms with Crippen molar-refractivity contribution < 1.29 is 13.3 Å². The summed E-state index contributed by atoms with van der Waals surface area (Å²) in [4.78, 5) is 0. The molecule has 0 aliphatic carbocycles. The smallest absolute Gasteiger partial charge is 0.143 e. The molecule has 9 aromatic carbocycles. The van der Waals surface area contributed by atoms with Crippen LogP contribution in [-0.2, 0) is 0 Å². The van der Waals surface area contributed by atoms with Crippen molar-refractivity contribution in [2.45, 2.75) is 0 Å². The van der Waals surface area contributed by atoms with E-state index in [0.717, 1.165) is 87.7 Å². The van der Waals surface area contributed by atoms with Gasteiger partial charge >= 0.3 is 0 Å². The Morgan fingerprint density at radius 3 is 1.47 bits per heavy atom. The third kappa shape index (κ3) is 3.62. The number of benzene rings is 9. The minimum absolute atomic E-state index is 0.872. The topological polar surface area (TPSA) is 39.4 Å². The Hall–Kier alpha value is -6.84. The molecule has 3 heteroatoms. The lowest BCUT2D eigenvalue weighted by Gasteiger charge is -2.18. The molecule has 0 N–H and O–H groups in total. The Bertz CT molecular complexity index is 3370. The van der Waals surface area contributed by atoms with E-state index in [2.05, 4.69) is 133 Å². The molecule has 3 nitrogen and oxygen atoms in total. The van der Waals surface area contributed by atoms with Gasteiger partial charge in [0.2, 0.25) is 0 Å². The number of fused-ring (bicyclic) bond motifs is 14. The molecular formula is C48H26O3. The molecule has 0 radical (unpaired) electrons. The monoisotopic (exact) mass is 650 g/mol. The minimum Gasteiger partial charge on any atom is -0.456 e. The fourth-order valence-corrected chi connectivity index (χ4v) is 8.72. The van der Waals surface area contributed by atoms with Gasteiger partial charge in [0.25, 0.3) is 0 Å². The predicted octanol–water partition coefficient (Wildman–Crippen LogP) is 14.2. The summed E-state index contributed by atoms with van der Waals surface area (Å²) in [5, 5.41) is 13.8. The van der Waals surface area contributed by atoms with Gasteiger partial charge in [0.05, 0.1) is 0 Å². The second kappa shape index (κ2) is 9.87. The van der Waals surface area contributed by atoms with Crippen LogP contribution in [0.5, 0.6) is 0 Å². The average molecular weight is 651 g/mol. The molecule has 236 valence electrons. The van der Waals surface area contributed by atoms with Crippen molar-refractivity contribution in [2.24, 2.45) is 0 Å². The van der Waals surface area contributed by atoms with Crippen LogP contribution in [-0.4, -0.2) is 0 Å². The summed E-state index contributed by atoms with van der Waals surface area (Å²) in [6.45, 7) is 0.